The number of anilines is 2. The standard InChI is InChI=1S/C23H22N2O6S/c1-15-7-12-19(29-2)18(13-15)25-32(27,28)17-10-8-16(9-11-17)24-23(26)22-14-30-20-5-3-4-6-21(20)31-22/h3-13,22,25H,14H2,1-2H3,(H,24,26)/t22-/m1/s1. The van der Waals surface area contributed by atoms with Crippen molar-refractivity contribution in [1.29, 1.82) is 0 Å². The van der Waals surface area contributed by atoms with Gasteiger partial charge in [-0.3, -0.25) is 9.52 Å². The van der Waals surface area contributed by atoms with Gasteiger partial charge in [0.15, 0.2) is 11.5 Å². The Bertz CT molecular complexity index is 1240. The Morgan fingerprint density at radius 3 is 2.47 bits per heavy atom. The maximum atomic E-state index is 12.8. The van der Waals surface area contributed by atoms with Crippen LogP contribution in [0, 0.1) is 6.92 Å². The summed E-state index contributed by atoms with van der Waals surface area (Å²) in [5.41, 5.74) is 1.67. The number of hydrogen-bond acceptors (Lipinski definition) is 6. The molecule has 3 aromatic carbocycles. The van der Waals surface area contributed by atoms with E-state index in [1.807, 2.05) is 19.1 Å². The first-order chi connectivity index (χ1) is 15.4. The fourth-order valence-electron chi connectivity index (χ4n) is 3.19. The van der Waals surface area contributed by atoms with Gasteiger partial charge in [0.2, 0.25) is 6.10 Å². The van der Waals surface area contributed by atoms with Gasteiger partial charge in [-0.25, -0.2) is 8.42 Å². The molecule has 3 aromatic rings. The van der Waals surface area contributed by atoms with Crippen molar-refractivity contribution in [2.24, 2.45) is 0 Å². The van der Waals surface area contributed by atoms with Crippen molar-refractivity contribution in [2.45, 2.75) is 17.9 Å². The molecule has 9 heteroatoms. The third kappa shape index (κ3) is 4.62. The van der Waals surface area contributed by atoms with Crippen LogP contribution in [-0.2, 0) is 14.8 Å². The molecule has 0 bridgehead atoms. The first-order valence-electron chi connectivity index (χ1n) is 9.82. The highest BCUT2D eigenvalue weighted by molar-refractivity contribution is 7.92. The lowest BCUT2D eigenvalue weighted by molar-refractivity contribution is -0.125. The number of rotatable bonds is 6. The number of nitrogens with one attached hydrogen (secondary N) is 2. The molecule has 0 spiro atoms. The zero-order chi connectivity index (χ0) is 22.7. The van der Waals surface area contributed by atoms with Crippen LogP contribution in [-0.4, -0.2) is 34.1 Å². The Balaban J connectivity index is 1.44. The van der Waals surface area contributed by atoms with Crippen LogP contribution in [0.1, 0.15) is 5.56 Å². The van der Waals surface area contributed by atoms with E-state index in [2.05, 4.69) is 10.0 Å². The molecule has 1 amide bonds. The van der Waals surface area contributed by atoms with Gasteiger partial charge in [0.25, 0.3) is 15.9 Å². The number of hydrogen-bond donors (Lipinski definition) is 2. The number of fused-ring (bicyclic) bond motifs is 1. The topological polar surface area (TPSA) is 103 Å². The largest absolute Gasteiger partial charge is 0.495 e. The van der Waals surface area contributed by atoms with Crippen molar-refractivity contribution >= 4 is 27.3 Å². The van der Waals surface area contributed by atoms with E-state index in [4.69, 9.17) is 14.2 Å². The van der Waals surface area contributed by atoms with Crippen LogP contribution in [0.5, 0.6) is 17.2 Å². The number of methoxy groups -OCH3 is 1. The number of ether oxygens (including phenoxy) is 3. The summed E-state index contributed by atoms with van der Waals surface area (Å²) in [6.45, 7) is 1.94. The Hall–Kier alpha value is -3.72. The minimum atomic E-state index is -3.85. The highest BCUT2D eigenvalue weighted by Crippen LogP contribution is 2.31. The van der Waals surface area contributed by atoms with E-state index >= 15 is 0 Å². The number of carbonyl (C=O) groups is 1. The van der Waals surface area contributed by atoms with Crippen molar-refractivity contribution < 1.29 is 27.4 Å². The van der Waals surface area contributed by atoms with E-state index in [-0.39, 0.29) is 11.5 Å². The molecule has 0 unspecified atom stereocenters. The summed E-state index contributed by atoms with van der Waals surface area (Å²) in [4.78, 5) is 12.6. The first kappa shape index (κ1) is 21.5. The molecule has 0 fully saturated rings. The van der Waals surface area contributed by atoms with Gasteiger partial charge in [-0.05, 0) is 61.0 Å². The Kier molecular flexibility index (Phi) is 5.91. The van der Waals surface area contributed by atoms with Gasteiger partial charge in [0.05, 0.1) is 17.7 Å². The highest BCUT2D eigenvalue weighted by Gasteiger charge is 2.27. The van der Waals surface area contributed by atoms with Crippen LogP contribution < -0.4 is 24.2 Å². The van der Waals surface area contributed by atoms with Gasteiger partial charge >= 0.3 is 0 Å². The number of carbonyl (C=O) groups excluding carboxylic acids is 1. The summed E-state index contributed by atoms with van der Waals surface area (Å²) in [6, 6.07) is 18.2. The minimum absolute atomic E-state index is 0.0465. The zero-order valence-electron chi connectivity index (χ0n) is 17.5. The zero-order valence-corrected chi connectivity index (χ0v) is 18.3. The van der Waals surface area contributed by atoms with E-state index in [0.29, 0.717) is 28.6 Å². The summed E-state index contributed by atoms with van der Waals surface area (Å²) in [6.07, 6.45) is -0.816. The molecule has 0 aromatic heterocycles. The Morgan fingerprint density at radius 2 is 1.75 bits per heavy atom. The molecule has 166 valence electrons. The van der Waals surface area contributed by atoms with Crippen LogP contribution in [0.4, 0.5) is 11.4 Å². The van der Waals surface area contributed by atoms with Gasteiger partial charge in [0, 0.05) is 5.69 Å². The average Bonchev–Trinajstić information content (AvgIpc) is 2.79. The van der Waals surface area contributed by atoms with E-state index < -0.39 is 22.0 Å². The minimum Gasteiger partial charge on any atom is -0.495 e. The fraction of sp³-hybridized carbons (Fsp3) is 0.174. The molecule has 1 heterocycles. The predicted molar refractivity (Wildman–Crippen MR) is 120 cm³/mol. The lowest BCUT2D eigenvalue weighted by atomic mass is 10.2. The lowest BCUT2D eigenvalue weighted by Crippen LogP contribution is -2.40. The maximum Gasteiger partial charge on any atom is 0.269 e. The maximum absolute atomic E-state index is 12.8. The van der Waals surface area contributed by atoms with Crippen LogP contribution in [0.25, 0.3) is 0 Å². The van der Waals surface area contributed by atoms with Crippen LogP contribution in [0.15, 0.2) is 71.6 Å². The number of para-hydroxylation sites is 2. The van der Waals surface area contributed by atoms with Gasteiger partial charge in [-0.2, -0.15) is 0 Å². The quantitative estimate of drug-likeness (QED) is 0.590. The number of aryl methyl sites for hydroxylation is 1. The van der Waals surface area contributed by atoms with Crippen LogP contribution >= 0.6 is 0 Å². The molecule has 4 rings (SSSR count). The van der Waals surface area contributed by atoms with E-state index in [1.54, 1.807) is 30.3 Å². The summed E-state index contributed by atoms with van der Waals surface area (Å²) >= 11 is 0. The summed E-state index contributed by atoms with van der Waals surface area (Å²) in [7, 11) is -2.38. The monoisotopic (exact) mass is 454 g/mol. The average molecular weight is 455 g/mol. The molecule has 1 aliphatic rings. The van der Waals surface area contributed by atoms with Crippen molar-refractivity contribution in [3.63, 3.8) is 0 Å². The Morgan fingerprint density at radius 1 is 1.03 bits per heavy atom. The van der Waals surface area contributed by atoms with E-state index in [9.17, 15) is 13.2 Å². The number of sulfonamides is 1. The van der Waals surface area contributed by atoms with Gasteiger partial charge in [0.1, 0.15) is 12.4 Å². The first-order valence-corrected chi connectivity index (χ1v) is 11.3. The second-order valence-electron chi connectivity index (χ2n) is 7.19. The normalized spacial score (nSPS) is 15.0. The van der Waals surface area contributed by atoms with E-state index in [1.165, 1.54) is 31.4 Å². The smallest absolute Gasteiger partial charge is 0.269 e. The molecule has 0 saturated carbocycles. The molecule has 2 N–H and O–H groups in total. The number of amides is 1. The molecule has 0 radical (unpaired) electrons. The van der Waals surface area contributed by atoms with Crippen molar-refractivity contribution in [3.05, 3.63) is 72.3 Å². The van der Waals surface area contributed by atoms with Gasteiger partial charge in [-0.1, -0.05) is 18.2 Å². The predicted octanol–water partition coefficient (Wildman–Crippen LogP) is 3.58. The fourth-order valence-corrected chi connectivity index (χ4v) is 4.26. The lowest BCUT2D eigenvalue weighted by Gasteiger charge is -2.25. The van der Waals surface area contributed by atoms with Crippen molar-refractivity contribution in [3.8, 4) is 17.2 Å². The third-order valence-corrected chi connectivity index (χ3v) is 6.21. The third-order valence-electron chi connectivity index (χ3n) is 4.83. The summed E-state index contributed by atoms with van der Waals surface area (Å²) in [5, 5.41) is 2.72. The molecule has 0 saturated heterocycles. The Labute approximate surface area is 186 Å². The van der Waals surface area contributed by atoms with Crippen LogP contribution in [0.3, 0.4) is 0 Å². The molecule has 0 aliphatic carbocycles. The van der Waals surface area contributed by atoms with Gasteiger partial charge in [-0.15, -0.1) is 0 Å². The highest BCUT2D eigenvalue weighted by atomic mass is 32.2. The molecular formula is C23H22N2O6S. The molecule has 32 heavy (non-hydrogen) atoms. The van der Waals surface area contributed by atoms with Gasteiger partial charge < -0.3 is 19.5 Å². The molecule has 8 nitrogen and oxygen atoms in total. The second-order valence-corrected chi connectivity index (χ2v) is 8.87. The molecule has 1 atom stereocenters. The molecular weight excluding hydrogens is 432 g/mol. The summed E-state index contributed by atoms with van der Waals surface area (Å²) in [5.74, 6) is 1.11. The molecule has 1 aliphatic heterocycles. The summed E-state index contributed by atoms with van der Waals surface area (Å²) < 4.78 is 44.6. The van der Waals surface area contributed by atoms with E-state index in [0.717, 1.165) is 5.56 Å². The second kappa shape index (κ2) is 8.80. The van der Waals surface area contributed by atoms with Crippen molar-refractivity contribution in [1.82, 2.24) is 0 Å². The van der Waals surface area contributed by atoms with Crippen molar-refractivity contribution in [2.75, 3.05) is 23.8 Å². The SMILES string of the molecule is COc1ccc(C)cc1NS(=O)(=O)c1ccc(NC(=O)[C@H]2COc3ccccc3O2)cc1. The van der Waals surface area contributed by atoms with Crippen LogP contribution in [0.2, 0.25) is 0 Å². The number of benzene rings is 3.